The van der Waals surface area contributed by atoms with Crippen molar-refractivity contribution in [2.24, 2.45) is 0 Å². The molecule has 4 heteroatoms. The summed E-state index contributed by atoms with van der Waals surface area (Å²) in [5.74, 6) is 1.17. The Balaban J connectivity index is 1.73. The number of rotatable bonds is 12. The topological polar surface area (TPSA) is 36.7 Å². The van der Waals surface area contributed by atoms with E-state index in [4.69, 9.17) is 4.98 Å². The highest BCUT2D eigenvalue weighted by Crippen LogP contribution is 2.35. The van der Waals surface area contributed by atoms with Gasteiger partial charge in [0.2, 0.25) is 0 Å². The maximum Gasteiger partial charge on any atom is 0.116 e. The standard InChI is InChI=1S/C27H30N2S2/c1-2-3-4-5-6-13-18-30-21-31-27-25(20-28)24(22-14-9-7-10-15-22)19-26(29-27)23-16-11-8-12-17-23/h7-12,14-17,19H,2-6,13,18,21H2,1H3. The molecular weight excluding hydrogens is 416 g/mol. The zero-order chi connectivity index (χ0) is 21.7. The van der Waals surface area contributed by atoms with Crippen molar-refractivity contribution < 1.29 is 0 Å². The SMILES string of the molecule is CCCCCCCCSCSc1nc(-c2ccccc2)cc(-c2ccccc2)c1C#N. The van der Waals surface area contributed by atoms with E-state index in [0.29, 0.717) is 5.56 Å². The smallest absolute Gasteiger partial charge is 0.116 e. The number of nitriles is 1. The number of pyridine rings is 1. The van der Waals surface area contributed by atoms with Crippen LogP contribution in [0.2, 0.25) is 0 Å². The maximum atomic E-state index is 9.96. The zero-order valence-electron chi connectivity index (χ0n) is 18.2. The third kappa shape index (κ3) is 7.16. The minimum atomic E-state index is 0.677. The van der Waals surface area contributed by atoms with Crippen LogP contribution in [0.4, 0.5) is 0 Å². The van der Waals surface area contributed by atoms with Crippen molar-refractivity contribution in [1.82, 2.24) is 4.98 Å². The van der Waals surface area contributed by atoms with Gasteiger partial charge in [-0.05, 0) is 23.8 Å². The number of benzene rings is 2. The monoisotopic (exact) mass is 446 g/mol. The molecule has 0 unspecified atom stereocenters. The molecule has 0 bridgehead atoms. The first-order chi connectivity index (χ1) is 15.3. The summed E-state index contributed by atoms with van der Waals surface area (Å²) < 4.78 is 0. The summed E-state index contributed by atoms with van der Waals surface area (Å²) in [4.78, 5) is 4.89. The molecule has 2 nitrogen and oxygen atoms in total. The van der Waals surface area contributed by atoms with Gasteiger partial charge in [0.25, 0.3) is 0 Å². The van der Waals surface area contributed by atoms with Crippen LogP contribution in [0.5, 0.6) is 0 Å². The van der Waals surface area contributed by atoms with Crippen LogP contribution in [0.3, 0.4) is 0 Å². The molecule has 160 valence electrons. The summed E-state index contributed by atoms with van der Waals surface area (Å²) in [5.41, 5.74) is 4.68. The summed E-state index contributed by atoms with van der Waals surface area (Å²) in [6, 6.07) is 24.9. The highest BCUT2D eigenvalue weighted by atomic mass is 32.2. The quantitative estimate of drug-likeness (QED) is 0.159. The van der Waals surface area contributed by atoms with E-state index in [9.17, 15) is 5.26 Å². The second-order valence-corrected chi connectivity index (χ2v) is 9.95. The Labute approximate surface area is 195 Å². The Morgan fingerprint density at radius 2 is 1.48 bits per heavy atom. The van der Waals surface area contributed by atoms with Gasteiger partial charge in [-0.25, -0.2) is 4.98 Å². The molecule has 0 aliphatic rings. The Hall–Kier alpha value is -2.22. The Morgan fingerprint density at radius 3 is 2.16 bits per heavy atom. The lowest BCUT2D eigenvalue weighted by molar-refractivity contribution is 0.627. The second-order valence-electron chi connectivity index (χ2n) is 7.52. The molecule has 2 aromatic carbocycles. The largest absolute Gasteiger partial charge is 0.240 e. The summed E-state index contributed by atoms with van der Waals surface area (Å²) >= 11 is 3.64. The lowest BCUT2D eigenvalue weighted by atomic mass is 9.99. The highest BCUT2D eigenvalue weighted by molar-refractivity contribution is 8.15. The van der Waals surface area contributed by atoms with Crippen LogP contribution in [-0.4, -0.2) is 15.8 Å². The van der Waals surface area contributed by atoms with Gasteiger partial charge >= 0.3 is 0 Å². The van der Waals surface area contributed by atoms with E-state index in [2.05, 4.69) is 43.3 Å². The van der Waals surface area contributed by atoms with Crippen molar-refractivity contribution in [3.05, 3.63) is 72.3 Å². The summed E-state index contributed by atoms with van der Waals surface area (Å²) in [6.45, 7) is 2.26. The van der Waals surface area contributed by atoms with E-state index in [-0.39, 0.29) is 0 Å². The van der Waals surface area contributed by atoms with Gasteiger partial charge in [-0.15, -0.1) is 0 Å². The van der Waals surface area contributed by atoms with Crippen molar-refractivity contribution in [2.45, 2.75) is 50.5 Å². The molecule has 31 heavy (non-hydrogen) atoms. The first kappa shape index (κ1) is 23.4. The minimum absolute atomic E-state index is 0.677. The van der Waals surface area contributed by atoms with Crippen molar-refractivity contribution in [3.8, 4) is 28.5 Å². The van der Waals surface area contributed by atoms with Gasteiger partial charge in [0.15, 0.2) is 0 Å². The molecular formula is C27H30N2S2. The number of hydrogen-bond donors (Lipinski definition) is 0. The van der Waals surface area contributed by atoms with E-state index in [0.717, 1.165) is 32.5 Å². The second kappa shape index (κ2) is 13.2. The first-order valence-electron chi connectivity index (χ1n) is 11.1. The molecule has 0 saturated heterocycles. The van der Waals surface area contributed by atoms with Crippen LogP contribution < -0.4 is 0 Å². The van der Waals surface area contributed by atoms with E-state index in [1.165, 1.54) is 44.3 Å². The average molecular weight is 447 g/mol. The van der Waals surface area contributed by atoms with Crippen molar-refractivity contribution in [1.29, 1.82) is 5.26 Å². The molecule has 0 atom stereocenters. The van der Waals surface area contributed by atoms with Crippen molar-refractivity contribution >= 4 is 23.5 Å². The fourth-order valence-electron chi connectivity index (χ4n) is 3.48. The Bertz CT molecular complexity index is 966. The molecule has 0 radical (unpaired) electrons. The normalized spacial score (nSPS) is 10.7. The molecule has 0 aliphatic carbocycles. The molecule has 0 saturated carbocycles. The lowest BCUT2D eigenvalue weighted by Gasteiger charge is -2.12. The van der Waals surface area contributed by atoms with E-state index in [1.54, 1.807) is 11.8 Å². The fourth-order valence-corrected chi connectivity index (χ4v) is 5.60. The van der Waals surface area contributed by atoms with E-state index >= 15 is 0 Å². The van der Waals surface area contributed by atoms with Crippen LogP contribution in [0.15, 0.2) is 71.8 Å². The molecule has 0 aliphatic heterocycles. The van der Waals surface area contributed by atoms with E-state index in [1.807, 2.05) is 48.2 Å². The third-order valence-electron chi connectivity index (χ3n) is 5.17. The van der Waals surface area contributed by atoms with Crippen molar-refractivity contribution in [2.75, 3.05) is 10.8 Å². The van der Waals surface area contributed by atoms with Gasteiger partial charge in [-0.2, -0.15) is 17.0 Å². The van der Waals surface area contributed by atoms with Gasteiger partial charge < -0.3 is 0 Å². The maximum absolute atomic E-state index is 9.96. The summed E-state index contributed by atoms with van der Waals surface area (Å²) in [6.07, 6.45) is 7.95. The summed E-state index contributed by atoms with van der Waals surface area (Å²) in [5, 5.41) is 11.7. The molecule has 3 rings (SSSR count). The Morgan fingerprint density at radius 1 is 0.839 bits per heavy atom. The number of unbranched alkanes of at least 4 members (excludes halogenated alkanes) is 5. The van der Waals surface area contributed by atoms with Crippen LogP contribution in [-0.2, 0) is 0 Å². The van der Waals surface area contributed by atoms with Crippen molar-refractivity contribution in [3.63, 3.8) is 0 Å². The minimum Gasteiger partial charge on any atom is -0.240 e. The molecule has 1 aromatic heterocycles. The summed E-state index contributed by atoms with van der Waals surface area (Å²) in [7, 11) is 0. The van der Waals surface area contributed by atoms with Gasteiger partial charge in [-0.1, -0.05) is 111 Å². The van der Waals surface area contributed by atoms with Gasteiger partial charge in [0.05, 0.1) is 11.3 Å². The van der Waals surface area contributed by atoms with Crippen LogP contribution in [0, 0.1) is 11.3 Å². The number of thioether (sulfide) groups is 2. The van der Waals surface area contributed by atoms with Crippen LogP contribution in [0.25, 0.3) is 22.4 Å². The lowest BCUT2D eigenvalue weighted by Crippen LogP contribution is -1.96. The molecule has 1 heterocycles. The zero-order valence-corrected chi connectivity index (χ0v) is 19.9. The average Bonchev–Trinajstić information content (AvgIpc) is 2.83. The number of nitrogens with zero attached hydrogens (tertiary/aromatic N) is 2. The predicted molar refractivity (Wildman–Crippen MR) is 136 cm³/mol. The number of aromatic nitrogens is 1. The van der Waals surface area contributed by atoms with Crippen LogP contribution >= 0.6 is 23.5 Å². The van der Waals surface area contributed by atoms with Gasteiger partial charge in [0, 0.05) is 16.2 Å². The fraction of sp³-hybridized carbons (Fsp3) is 0.333. The predicted octanol–water partition coefficient (Wildman–Crippen LogP) is 8.43. The molecule has 0 spiro atoms. The Kier molecular flexibility index (Phi) is 10.0. The highest BCUT2D eigenvalue weighted by Gasteiger charge is 2.15. The van der Waals surface area contributed by atoms with Gasteiger partial charge in [0.1, 0.15) is 11.1 Å². The van der Waals surface area contributed by atoms with Crippen LogP contribution in [0.1, 0.15) is 51.0 Å². The first-order valence-corrected chi connectivity index (χ1v) is 13.2. The van der Waals surface area contributed by atoms with Gasteiger partial charge in [-0.3, -0.25) is 0 Å². The molecule has 0 amide bonds. The molecule has 3 aromatic rings. The van der Waals surface area contributed by atoms with E-state index < -0.39 is 0 Å². The third-order valence-corrected chi connectivity index (χ3v) is 7.46. The molecule has 0 fully saturated rings. The molecule has 0 N–H and O–H groups in total. The number of hydrogen-bond acceptors (Lipinski definition) is 4.